The first-order valence-electron chi connectivity index (χ1n) is 11.6. The van der Waals surface area contributed by atoms with Gasteiger partial charge < -0.3 is 9.84 Å². The molecule has 2 aromatic carbocycles. The molecule has 36 heavy (non-hydrogen) atoms. The van der Waals surface area contributed by atoms with Crippen LogP contribution in [0.2, 0.25) is 5.02 Å². The van der Waals surface area contributed by atoms with Gasteiger partial charge in [-0.2, -0.15) is 0 Å². The molecule has 0 bridgehead atoms. The first-order chi connectivity index (χ1) is 17.5. The van der Waals surface area contributed by atoms with Crippen LogP contribution in [0.25, 0.3) is 16.0 Å². The van der Waals surface area contributed by atoms with Gasteiger partial charge in [0.1, 0.15) is 17.6 Å². The normalized spacial score (nSPS) is 17.3. The van der Waals surface area contributed by atoms with Crippen LogP contribution in [-0.4, -0.2) is 28.4 Å². The predicted octanol–water partition coefficient (Wildman–Crippen LogP) is 7.21. The van der Waals surface area contributed by atoms with Crippen LogP contribution in [0.5, 0.6) is 5.75 Å². The zero-order chi connectivity index (χ0) is 25.2. The molecule has 1 atom stereocenters. The second kappa shape index (κ2) is 10.4. The molecule has 184 valence electrons. The van der Waals surface area contributed by atoms with Crippen molar-refractivity contribution in [3.8, 4) is 5.75 Å². The van der Waals surface area contributed by atoms with Gasteiger partial charge in [-0.15, -0.1) is 11.3 Å². The minimum absolute atomic E-state index is 0.0383. The number of hydrogen-bond donors (Lipinski definition) is 1. The van der Waals surface area contributed by atoms with E-state index in [4.69, 9.17) is 16.3 Å². The summed E-state index contributed by atoms with van der Waals surface area (Å²) in [5.74, 6) is -1.01. The Hall–Kier alpha value is -3.20. The average Bonchev–Trinajstić information content (AvgIpc) is 3.60. The number of thiophene rings is 1. The van der Waals surface area contributed by atoms with E-state index in [1.54, 1.807) is 42.5 Å². The number of anilines is 1. The summed E-state index contributed by atoms with van der Waals surface area (Å²) >= 11 is 8.82. The number of nitrogens with zero attached hydrogens (tertiary/aromatic N) is 2. The number of carbonyl (C=O) groups is 2. The molecule has 5 rings (SSSR count). The molecule has 1 N–H and O–H groups in total. The van der Waals surface area contributed by atoms with Crippen LogP contribution in [0, 0.1) is 0 Å². The summed E-state index contributed by atoms with van der Waals surface area (Å²) in [5.41, 5.74) is 1.16. The van der Waals surface area contributed by atoms with Gasteiger partial charge in [-0.25, -0.2) is 4.98 Å². The molecule has 9 heteroatoms. The molecule has 3 heterocycles. The maximum absolute atomic E-state index is 13.3. The highest BCUT2D eigenvalue weighted by molar-refractivity contribution is 7.22. The van der Waals surface area contributed by atoms with Crippen molar-refractivity contribution in [2.75, 3.05) is 11.5 Å². The summed E-state index contributed by atoms with van der Waals surface area (Å²) < 4.78 is 6.56. The fourth-order valence-corrected chi connectivity index (χ4v) is 6.23. The Labute approximate surface area is 221 Å². The van der Waals surface area contributed by atoms with Crippen molar-refractivity contribution in [1.82, 2.24) is 4.98 Å². The summed E-state index contributed by atoms with van der Waals surface area (Å²) in [7, 11) is 0. The van der Waals surface area contributed by atoms with E-state index in [0.717, 1.165) is 28.8 Å². The van der Waals surface area contributed by atoms with Crippen LogP contribution in [0.1, 0.15) is 42.7 Å². The van der Waals surface area contributed by atoms with Crippen molar-refractivity contribution < 1.29 is 19.4 Å². The summed E-state index contributed by atoms with van der Waals surface area (Å²) in [6.45, 7) is 2.76. The van der Waals surface area contributed by atoms with Crippen LogP contribution in [0.15, 0.2) is 65.6 Å². The number of aliphatic hydroxyl groups is 1. The largest absolute Gasteiger partial charge is 0.507 e. The number of hydrogen-bond acceptors (Lipinski definition) is 7. The highest BCUT2D eigenvalue weighted by Crippen LogP contribution is 2.45. The van der Waals surface area contributed by atoms with Crippen molar-refractivity contribution in [2.45, 2.75) is 32.2 Å². The number of benzene rings is 2. The zero-order valence-corrected chi connectivity index (χ0v) is 21.8. The Morgan fingerprint density at radius 1 is 1.14 bits per heavy atom. The monoisotopic (exact) mass is 538 g/mol. The Morgan fingerprint density at radius 3 is 2.67 bits per heavy atom. The zero-order valence-electron chi connectivity index (χ0n) is 19.4. The molecular weight excluding hydrogens is 516 g/mol. The number of carbonyl (C=O) groups excluding carboxylic acids is 2. The smallest absolute Gasteiger partial charge is 0.301 e. The van der Waals surface area contributed by atoms with Crippen LogP contribution < -0.4 is 9.64 Å². The van der Waals surface area contributed by atoms with E-state index >= 15 is 0 Å². The number of thiazole rings is 1. The molecule has 1 amide bonds. The minimum atomic E-state index is -0.786. The highest BCUT2D eigenvalue weighted by Gasteiger charge is 2.48. The van der Waals surface area contributed by atoms with Gasteiger partial charge in [-0.05, 0) is 60.3 Å². The average molecular weight is 539 g/mol. The van der Waals surface area contributed by atoms with Crippen molar-refractivity contribution in [1.29, 1.82) is 0 Å². The number of ether oxygens (including phenoxy) is 1. The predicted molar refractivity (Wildman–Crippen MR) is 145 cm³/mol. The lowest BCUT2D eigenvalue weighted by atomic mass is 10.00. The van der Waals surface area contributed by atoms with Crippen LogP contribution in [0.3, 0.4) is 0 Å². The van der Waals surface area contributed by atoms with Gasteiger partial charge >= 0.3 is 5.91 Å². The van der Waals surface area contributed by atoms with Crippen molar-refractivity contribution in [3.05, 3.63) is 81.0 Å². The molecule has 0 aliphatic carbocycles. The lowest BCUT2D eigenvalue weighted by Crippen LogP contribution is -2.28. The fourth-order valence-electron chi connectivity index (χ4n) is 4.14. The second-order valence-corrected chi connectivity index (χ2v) is 10.8. The van der Waals surface area contributed by atoms with Crippen molar-refractivity contribution >= 4 is 67.1 Å². The SMILES string of the molecule is CCCCCOc1ccc(/C(O)=C2\C(=O)C(=O)N(c3nc4ccc(Cl)cc4s3)C2c2cccs2)cc1. The second-order valence-electron chi connectivity index (χ2n) is 8.37. The summed E-state index contributed by atoms with van der Waals surface area (Å²) in [5, 5.41) is 14.1. The number of unbranched alkanes of at least 4 members (excludes halogenated alkanes) is 2. The van der Waals surface area contributed by atoms with Crippen LogP contribution in [-0.2, 0) is 9.59 Å². The summed E-state index contributed by atoms with van der Waals surface area (Å²) in [4.78, 5) is 33.3. The first-order valence-corrected chi connectivity index (χ1v) is 13.7. The Morgan fingerprint density at radius 2 is 1.94 bits per heavy atom. The van der Waals surface area contributed by atoms with E-state index in [1.807, 2.05) is 17.5 Å². The number of rotatable bonds is 8. The molecule has 1 aliphatic heterocycles. The van der Waals surface area contributed by atoms with E-state index < -0.39 is 17.7 Å². The third kappa shape index (κ3) is 4.64. The molecule has 0 radical (unpaired) electrons. The molecule has 4 aromatic rings. The van der Waals surface area contributed by atoms with E-state index in [0.29, 0.717) is 33.6 Å². The number of aromatic nitrogens is 1. The van der Waals surface area contributed by atoms with E-state index in [-0.39, 0.29) is 11.3 Å². The maximum Gasteiger partial charge on any atom is 0.301 e. The van der Waals surface area contributed by atoms with E-state index in [1.165, 1.54) is 27.6 Å². The fraction of sp³-hybridized carbons (Fsp3) is 0.222. The van der Waals surface area contributed by atoms with Gasteiger partial charge in [0.25, 0.3) is 5.78 Å². The number of ketones is 1. The molecule has 0 spiro atoms. The maximum atomic E-state index is 13.3. The van der Waals surface area contributed by atoms with Crippen LogP contribution in [0.4, 0.5) is 5.13 Å². The molecular formula is C27H23ClN2O4S2. The molecule has 2 aromatic heterocycles. The van der Waals surface area contributed by atoms with Crippen molar-refractivity contribution in [3.63, 3.8) is 0 Å². The van der Waals surface area contributed by atoms with Crippen molar-refractivity contribution in [2.24, 2.45) is 0 Å². The minimum Gasteiger partial charge on any atom is -0.507 e. The quantitative estimate of drug-likeness (QED) is 0.111. The molecule has 0 saturated carbocycles. The van der Waals surface area contributed by atoms with E-state index in [2.05, 4.69) is 11.9 Å². The summed E-state index contributed by atoms with van der Waals surface area (Å²) in [6.07, 6.45) is 3.19. The molecule has 6 nitrogen and oxygen atoms in total. The van der Waals surface area contributed by atoms with Gasteiger partial charge in [0.15, 0.2) is 5.13 Å². The Kier molecular flexibility index (Phi) is 7.09. The van der Waals surface area contributed by atoms with E-state index in [9.17, 15) is 14.7 Å². The lowest BCUT2D eigenvalue weighted by molar-refractivity contribution is -0.132. The number of amides is 1. The van der Waals surface area contributed by atoms with Crippen LogP contribution >= 0.6 is 34.3 Å². The number of halogens is 1. The number of Topliss-reactive ketones (excluding diaryl/α,β-unsaturated/α-hetero) is 1. The number of fused-ring (bicyclic) bond motifs is 1. The molecule has 1 saturated heterocycles. The third-order valence-electron chi connectivity index (χ3n) is 5.95. The van der Waals surface area contributed by atoms with Gasteiger partial charge in [0.2, 0.25) is 0 Å². The Bertz CT molecular complexity index is 1440. The van der Waals surface area contributed by atoms with Gasteiger partial charge in [0.05, 0.1) is 22.4 Å². The molecule has 1 aliphatic rings. The Balaban J connectivity index is 1.53. The third-order valence-corrected chi connectivity index (χ3v) is 8.12. The first kappa shape index (κ1) is 24.5. The lowest BCUT2D eigenvalue weighted by Gasteiger charge is -2.21. The highest BCUT2D eigenvalue weighted by atomic mass is 35.5. The topological polar surface area (TPSA) is 79.7 Å². The summed E-state index contributed by atoms with van der Waals surface area (Å²) in [6, 6.07) is 15.1. The molecule has 1 fully saturated rings. The van der Waals surface area contributed by atoms with Gasteiger partial charge in [0, 0.05) is 15.5 Å². The van der Waals surface area contributed by atoms with Gasteiger partial charge in [-0.3, -0.25) is 14.5 Å². The standard InChI is InChI=1S/C27H23ClN2O4S2/c1-2-3-4-13-34-18-10-7-16(8-11-18)24(31)22-23(20-6-5-14-35-20)30(26(33)25(22)32)27-29-19-12-9-17(28)15-21(19)36-27/h5-12,14-15,23,31H,2-4,13H2,1H3/b24-22+. The molecule has 1 unspecified atom stereocenters. The number of aliphatic hydroxyl groups excluding tert-OH is 1. The van der Waals surface area contributed by atoms with Gasteiger partial charge in [-0.1, -0.05) is 48.8 Å².